The number of rotatable bonds is 12. The summed E-state index contributed by atoms with van der Waals surface area (Å²) in [7, 11) is 4.32. The van der Waals surface area contributed by atoms with Crippen molar-refractivity contribution >= 4 is 34.0 Å². The number of piperidine rings is 1. The highest BCUT2D eigenvalue weighted by Gasteiger charge is 2.22. The van der Waals surface area contributed by atoms with Gasteiger partial charge in [-0.1, -0.05) is 23.7 Å². The van der Waals surface area contributed by atoms with Crippen LogP contribution >= 0.6 is 11.6 Å². The largest absolute Gasteiger partial charge is 0.493 e. The second-order valence-electron chi connectivity index (χ2n) is 12.2. The SMILES string of the molecule is CN1CCC(Oc2cc(OCCCN3CCN(C)CC3)cc3ncnc(Nc4ccc(OCc5cccc(F)c5)c(Cl)c4)c23)CC1. The fraction of sp³-hybridized carbons (Fsp3) is 0.429. The maximum atomic E-state index is 13.6. The van der Waals surface area contributed by atoms with Gasteiger partial charge in [0.2, 0.25) is 0 Å². The second-order valence-corrected chi connectivity index (χ2v) is 12.6. The van der Waals surface area contributed by atoms with Gasteiger partial charge in [-0.25, -0.2) is 14.4 Å². The zero-order valence-corrected chi connectivity index (χ0v) is 27.3. The van der Waals surface area contributed by atoms with Gasteiger partial charge in [0, 0.05) is 63.6 Å². The Kier molecular flexibility index (Phi) is 10.7. The van der Waals surface area contributed by atoms with Crippen LogP contribution in [0.1, 0.15) is 24.8 Å². The highest BCUT2D eigenvalue weighted by atomic mass is 35.5. The Morgan fingerprint density at radius 3 is 2.48 bits per heavy atom. The number of nitrogens with one attached hydrogen (secondary N) is 1. The van der Waals surface area contributed by atoms with Crippen LogP contribution in [0.4, 0.5) is 15.9 Å². The molecule has 244 valence electrons. The van der Waals surface area contributed by atoms with E-state index >= 15 is 0 Å². The Bertz CT molecular complexity index is 1610. The molecule has 3 aromatic carbocycles. The monoisotopic (exact) mass is 648 g/mol. The fourth-order valence-corrected chi connectivity index (χ4v) is 6.09. The lowest BCUT2D eigenvalue weighted by Crippen LogP contribution is -2.44. The maximum absolute atomic E-state index is 13.6. The first kappa shape index (κ1) is 32.2. The summed E-state index contributed by atoms with van der Waals surface area (Å²) in [4.78, 5) is 16.4. The molecule has 3 heterocycles. The summed E-state index contributed by atoms with van der Waals surface area (Å²) in [5.41, 5.74) is 2.19. The molecule has 0 saturated carbocycles. The molecule has 0 unspecified atom stereocenters. The Morgan fingerprint density at radius 2 is 1.70 bits per heavy atom. The number of likely N-dealkylation sites (N-methyl/N-ethyl adjacent to an activating group) is 1. The van der Waals surface area contributed by atoms with E-state index in [0.29, 0.717) is 28.9 Å². The quantitative estimate of drug-likeness (QED) is 0.180. The molecule has 9 nitrogen and oxygen atoms in total. The number of halogens is 2. The molecule has 0 radical (unpaired) electrons. The van der Waals surface area contributed by atoms with E-state index in [-0.39, 0.29) is 18.5 Å². The summed E-state index contributed by atoms with van der Waals surface area (Å²) in [6.07, 6.45) is 4.46. The fourth-order valence-electron chi connectivity index (χ4n) is 5.85. The zero-order valence-electron chi connectivity index (χ0n) is 26.6. The Labute approximate surface area is 275 Å². The van der Waals surface area contributed by atoms with E-state index in [9.17, 15) is 4.39 Å². The lowest BCUT2D eigenvalue weighted by Gasteiger charge is -2.32. The number of hydrogen-bond acceptors (Lipinski definition) is 9. The molecule has 6 rings (SSSR count). The maximum Gasteiger partial charge on any atom is 0.145 e. The normalized spacial score (nSPS) is 16.9. The average molecular weight is 649 g/mol. The first-order valence-corrected chi connectivity index (χ1v) is 16.4. The standard InChI is InChI=1S/C35H42ClFN6O3/c1-41-12-9-28(10-13-41)46-33-22-29(44-18-4-11-43-16-14-42(2)15-17-43)21-31-34(33)35(39-24-38-31)40-27-7-8-32(30(36)20-27)45-23-25-5-3-6-26(37)19-25/h3,5-8,19-22,24,28H,4,9-18,23H2,1-2H3,(H,38,39,40). The minimum absolute atomic E-state index is 0.0869. The minimum Gasteiger partial charge on any atom is -0.493 e. The van der Waals surface area contributed by atoms with Crippen molar-refractivity contribution in [3.05, 3.63) is 77.3 Å². The molecule has 4 aromatic rings. The zero-order chi connectivity index (χ0) is 31.9. The highest BCUT2D eigenvalue weighted by molar-refractivity contribution is 6.32. The van der Waals surface area contributed by atoms with Gasteiger partial charge in [0.25, 0.3) is 0 Å². The van der Waals surface area contributed by atoms with E-state index < -0.39 is 0 Å². The molecule has 0 amide bonds. The molecule has 2 aliphatic rings. The molecular formula is C35H42ClFN6O3. The van der Waals surface area contributed by atoms with E-state index in [1.807, 2.05) is 24.3 Å². The van der Waals surface area contributed by atoms with Gasteiger partial charge < -0.3 is 34.2 Å². The van der Waals surface area contributed by atoms with Crippen molar-refractivity contribution in [3.8, 4) is 17.2 Å². The van der Waals surface area contributed by atoms with Crippen LogP contribution in [0.15, 0.2) is 60.9 Å². The number of anilines is 2. The van der Waals surface area contributed by atoms with Gasteiger partial charge in [0.1, 0.15) is 47.9 Å². The van der Waals surface area contributed by atoms with Gasteiger partial charge in [0.15, 0.2) is 0 Å². The molecule has 0 aliphatic carbocycles. The van der Waals surface area contributed by atoms with Gasteiger partial charge in [-0.3, -0.25) is 0 Å². The molecule has 2 saturated heterocycles. The van der Waals surface area contributed by atoms with Gasteiger partial charge >= 0.3 is 0 Å². The lowest BCUT2D eigenvalue weighted by molar-refractivity contribution is 0.115. The van der Waals surface area contributed by atoms with E-state index in [1.165, 1.54) is 12.1 Å². The number of hydrogen-bond donors (Lipinski definition) is 1. The Hall–Kier alpha value is -3.70. The number of nitrogens with zero attached hydrogens (tertiary/aromatic N) is 5. The van der Waals surface area contributed by atoms with Crippen molar-refractivity contribution in [3.63, 3.8) is 0 Å². The summed E-state index contributed by atoms with van der Waals surface area (Å²) in [6, 6.07) is 15.7. The van der Waals surface area contributed by atoms with Gasteiger partial charge in [-0.15, -0.1) is 0 Å². The van der Waals surface area contributed by atoms with Crippen molar-refractivity contribution in [1.82, 2.24) is 24.7 Å². The molecule has 2 fully saturated rings. The van der Waals surface area contributed by atoms with E-state index in [1.54, 1.807) is 24.5 Å². The predicted molar refractivity (Wildman–Crippen MR) is 180 cm³/mol. The Balaban J connectivity index is 1.18. The number of ether oxygens (including phenoxy) is 3. The van der Waals surface area contributed by atoms with Crippen LogP contribution in [0.25, 0.3) is 10.9 Å². The molecule has 0 atom stereocenters. The number of benzene rings is 3. The van der Waals surface area contributed by atoms with Crippen molar-refractivity contribution in [2.75, 3.05) is 71.8 Å². The lowest BCUT2D eigenvalue weighted by atomic mass is 10.1. The average Bonchev–Trinajstić information content (AvgIpc) is 3.05. The molecular weight excluding hydrogens is 607 g/mol. The second kappa shape index (κ2) is 15.3. The van der Waals surface area contributed by atoms with Crippen LogP contribution < -0.4 is 19.5 Å². The van der Waals surface area contributed by atoms with Crippen LogP contribution in [-0.2, 0) is 6.61 Å². The van der Waals surface area contributed by atoms with Gasteiger partial charge in [-0.2, -0.15) is 0 Å². The van der Waals surface area contributed by atoms with Gasteiger partial charge in [0.05, 0.1) is 22.5 Å². The first-order chi connectivity index (χ1) is 22.4. The highest BCUT2D eigenvalue weighted by Crippen LogP contribution is 2.38. The summed E-state index contributed by atoms with van der Waals surface area (Å²) in [5.74, 6) is 2.25. The molecule has 0 spiro atoms. The first-order valence-electron chi connectivity index (χ1n) is 16.0. The number of fused-ring (bicyclic) bond motifs is 1. The summed E-state index contributed by atoms with van der Waals surface area (Å²) in [5, 5.41) is 4.63. The Morgan fingerprint density at radius 1 is 0.891 bits per heavy atom. The van der Waals surface area contributed by atoms with Crippen LogP contribution in [0, 0.1) is 5.82 Å². The smallest absolute Gasteiger partial charge is 0.145 e. The number of piperazine rings is 1. The third-order valence-corrected chi connectivity index (χ3v) is 8.89. The molecule has 1 N–H and O–H groups in total. The molecule has 0 bridgehead atoms. The van der Waals surface area contributed by atoms with Gasteiger partial charge in [-0.05, 0) is 69.3 Å². The van der Waals surface area contributed by atoms with E-state index in [2.05, 4.69) is 44.1 Å². The molecule has 11 heteroatoms. The summed E-state index contributed by atoms with van der Waals surface area (Å²) in [6.45, 7) is 8.24. The summed E-state index contributed by atoms with van der Waals surface area (Å²) < 4.78 is 32.4. The minimum atomic E-state index is -0.303. The van der Waals surface area contributed by atoms with Crippen molar-refractivity contribution in [1.29, 1.82) is 0 Å². The van der Waals surface area contributed by atoms with E-state index in [4.69, 9.17) is 25.8 Å². The number of aromatic nitrogens is 2. The predicted octanol–water partition coefficient (Wildman–Crippen LogP) is 6.23. The summed E-state index contributed by atoms with van der Waals surface area (Å²) >= 11 is 6.60. The topological polar surface area (TPSA) is 75.2 Å². The van der Waals surface area contributed by atoms with Crippen LogP contribution in [0.5, 0.6) is 17.2 Å². The van der Waals surface area contributed by atoms with Crippen LogP contribution in [-0.4, -0.2) is 97.3 Å². The van der Waals surface area contributed by atoms with Crippen molar-refractivity contribution < 1.29 is 18.6 Å². The third-order valence-electron chi connectivity index (χ3n) is 8.60. The van der Waals surface area contributed by atoms with Crippen molar-refractivity contribution in [2.45, 2.75) is 32.0 Å². The molecule has 2 aliphatic heterocycles. The number of likely N-dealkylation sites (tertiary alicyclic amines) is 1. The molecule has 46 heavy (non-hydrogen) atoms. The van der Waals surface area contributed by atoms with E-state index in [0.717, 1.165) is 93.0 Å². The third kappa shape index (κ3) is 8.55. The van der Waals surface area contributed by atoms with Crippen LogP contribution in [0.3, 0.4) is 0 Å². The van der Waals surface area contributed by atoms with Crippen LogP contribution in [0.2, 0.25) is 5.02 Å². The molecule has 1 aromatic heterocycles. The van der Waals surface area contributed by atoms with Crippen molar-refractivity contribution in [2.24, 2.45) is 0 Å².